The lowest BCUT2D eigenvalue weighted by molar-refractivity contribution is -0.129. The summed E-state index contributed by atoms with van der Waals surface area (Å²) < 4.78 is 0. The van der Waals surface area contributed by atoms with Crippen molar-refractivity contribution in [3.63, 3.8) is 0 Å². The molecule has 118 valence electrons. The van der Waals surface area contributed by atoms with Crippen LogP contribution >= 0.6 is 11.8 Å². The predicted octanol–water partition coefficient (Wildman–Crippen LogP) is 3.83. The lowest BCUT2D eigenvalue weighted by atomic mass is 9.87. The number of hydrogen-bond donors (Lipinski definition) is 0. The van der Waals surface area contributed by atoms with Gasteiger partial charge in [-0.05, 0) is 49.3 Å². The second-order valence-corrected chi connectivity index (χ2v) is 7.21. The van der Waals surface area contributed by atoms with Gasteiger partial charge in [-0.3, -0.25) is 4.79 Å². The summed E-state index contributed by atoms with van der Waals surface area (Å²) in [6.45, 7) is 2.30. The molecule has 0 bridgehead atoms. The Morgan fingerprint density at radius 2 is 1.91 bits per heavy atom. The van der Waals surface area contributed by atoms with Crippen LogP contribution in [0.1, 0.15) is 43.7 Å². The van der Waals surface area contributed by atoms with E-state index in [4.69, 9.17) is 5.26 Å². The van der Waals surface area contributed by atoms with Crippen LogP contribution < -0.4 is 0 Å². The van der Waals surface area contributed by atoms with Gasteiger partial charge < -0.3 is 4.90 Å². The molecule has 0 saturated heterocycles. The Morgan fingerprint density at radius 3 is 2.50 bits per heavy atom. The van der Waals surface area contributed by atoms with E-state index in [0.29, 0.717) is 17.4 Å². The van der Waals surface area contributed by atoms with E-state index in [1.165, 1.54) is 12.8 Å². The summed E-state index contributed by atoms with van der Waals surface area (Å²) in [7, 11) is 1.95. The number of rotatable bonds is 5. The zero-order valence-electron chi connectivity index (χ0n) is 13.4. The SMILES string of the molecule is CC1CCC(N(C)C(=O)CSCc2ccc(C#N)cc2)CC1. The van der Waals surface area contributed by atoms with E-state index >= 15 is 0 Å². The first-order chi connectivity index (χ1) is 10.6. The third-order valence-corrected chi connectivity index (χ3v) is 5.49. The number of thioether (sulfide) groups is 1. The topological polar surface area (TPSA) is 44.1 Å². The fourth-order valence-electron chi connectivity index (χ4n) is 2.87. The molecule has 2 rings (SSSR count). The number of carbonyl (C=O) groups is 1. The largest absolute Gasteiger partial charge is 0.342 e. The molecule has 1 saturated carbocycles. The number of nitrogens with zero attached hydrogens (tertiary/aromatic N) is 2. The molecule has 1 aliphatic rings. The molecule has 0 spiro atoms. The fourth-order valence-corrected chi connectivity index (χ4v) is 3.78. The van der Waals surface area contributed by atoms with Crippen LogP contribution in [0, 0.1) is 17.2 Å². The second kappa shape index (κ2) is 8.24. The predicted molar refractivity (Wildman–Crippen MR) is 91.5 cm³/mol. The highest BCUT2D eigenvalue weighted by atomic mass is 32.2. The van der Waals surface area contributed by atoms with Gasteiger partial charge in [-0.15, -0.1) is 11.8 Å². The van der Waals surface area contributed by atoms with Gasteiger partial charge in [0.1, 0.15) is 0 Å². The maximum absolute atomic E-state index is 12.3. The van der Waals surface area contributed by atoms with Crippen LogP contribution in [0.5, 0.6) is 0 Å². The Hall–Kier alpha value is -1.47. The van der Waals surface area contributed by atoms with E-state index in [2.05, 4.69) is 13.0 Å². The number of hydrogen-bond acceptors (Lipinski definition) is 3. The van der Waals surface area contributed by atoms with Crippen LogP contribution in [-0.2, 0) is 10.5 Å². The summed E-state index contributed by atoms with van der Waals surface area (Å²) >= 11 is 1.65. The molecule has 0 N–H and O–H groups in total. The summed E-state index contributed by atoms with van der Waals surface area (Å²) in [4.78, 5) is 14.2. The molecule has 0 unspecified atom stereocenters. The van der Waals surface area contributed by atoms with Crippen LogP contribution in [0.15, 0.2) is 24.3 Å². The van der Waals surface area contributed by atoms with Crippen LogP contribution in [0.3, 0.4) is 0 Å². The first kappa shape index (κ1) is 16.9. The van der Waals surface area contributed by atoms with Crippen molar-refractivity contribution in [1.29, 1.82) is 5.26 Å². The highest BCUT2D eigenvalue weighted by Crippen LogP contribution is 2.27. The summed E-state index contributed by atoms with van der Waals surface area (Å²) in [6.07, 6.45) is 4.76. The highest BCUT2D eigenvalue weighted by Gasteiger charge is 2.24. The molecule has 0 radical (unpaired) electrons. The maximum atomic E-state index is 12.3. The lowest BCUT2D eigenvalue weighted by Crippen LogP contribution is -2.40. The van der Waals surface area contributed by atoms with Crippen molar-refractivity contribution >= 4 is 17.7 Å². The van der Waals surface area contributed by atoms with Crippen LogP contribution in [0.2, 0.25) is 0 Å². The van der Waals surface area contributed by atoms with Crippen LogP contribution in [0.4, 0.5) is 0 Å². The Balaban J connectivity index is 1.73. The minimum Gasteiger partial charge on any atom is -0.342 e. The molecule has 22 heavy (non-hydrogen) atoms. The Bertz CT molecular complexity index is 527. The lowest BCUT2D eigenvalue weighted by Gasteiger charge is -2.33. The summed E-state index contributed by atoms with van der Waals surface area (Å²) in [6, 6.07) is 10.1. The van der Waals surface area contributed by atoms with Crippen molar-refractivity contribution in [2.45, 2.75) is 44.4 Å². The molecule has 1 aliphatic carbocycles. The van der Waals surface area contributed by atoms with Gasteiger partial charge in [-0.2, -0.15) is 5.26 Å². The van der Waals surface area contributed by atoms with Gasteiger partial charge >= 0.3 is 0 Å². The zero-order valence-corrected chi connectivity index (χ0v) is 14.2. The molecule has 1 amide bonds. The molecule has 0 aromatic heterocycles. The summed E-state index contributed by atoms with van der Waals surface area (Å²) in [5.74, 6) is 2.39. The van der Waals surface area contributed by atoms with Crippen LogP contribution in [0.25, 0.3) is 0 Å². The Morgan fingerprint density at radius 1 is 1.27 bits per heavy atom. The monoisotopic (exact) mass is 316 g/mol. The van der Waals surface area contributed by atoms with E-state index in [1.807, 2.05) is 36.2 Å². The smallest absolute Gasteiger partial charge is 0.232 e. The van der Waals surface area contributed by atoms with Crippen molar-refractivity contribution in [2.75, 3.05) is 12.8 Å². The van der Waals surface area contributed by atoms with Gasteiger partial charge in [0.25, 0.3) is 0 Å². The van der Waals surface area contributed by atoms with Crippen molar-refractivity contribution in [3.05, 3.63) is 35.4 Å². The molecular weight excluding hydrogens is 292 g/mol. The number of nitriles is 1. The molecule has 1 aromatic carbocycles. The third-order valence-electron chi connectivity index (χ3n) is 4.50. The minimum absolute atomic E-state index is 0.234. The normalized spacial score (nSPS) is 21.1. The molecule has 0 aliphatic heterocycles. The van der Waals surface area contributed by atoms with Gasteiger partial charge in [-0.1, -0.05) is 19.1 Å². The van der Waals surface area contributed by atoms with Gasteiger partial charge in [0.05, 0.1) is 17.4 Å². The molecule has 3 nitrogen and oxygen atoms in total. The van der Waals surface area contributed by atoms with E-state index in [1.54, 1.807) is 11.8 Å². The Labute approximate surface area is 137 Å². The molecular formula is C18H24N2OS. The van der Waals surface area contributed by atoms with Gasteiger partial charge in [0, 0.05) is 18.8 Å². The zero-order chi connectivity index (χ0) is 15.9. The maximum Gasteiger partial charge on any atom is 0.232 e. The average Bonchev–Trinajstić information content (AvgIpc) is 2.55. The van der Waals surface area contributed by atoms with Gasteiger partial charge in [-0.25, -0.2) is 0 Å². The van der Waals surface area contributed by atoms with E-state index in [0.717, 1.165) is 30.1 Å². The molecule has 1 fully saturated rings. The summed E-state index contributed by atoms with van der Waals surface area (Å²) in [5, 5.41) is 8.77. The number of carbonyl (C=O) groups excluding carboxylic acids is 1. The first-order valence-electron chi connectivity index (χ1n) is 7.92. The fraction of sp³-hybridized carbons (Fsp3) is 0.556. The van der Waals surface area contributed by atoms with Gasteiger partial charge in [0.15, 0.2) is 0 Å². The van der Waals surface area contributed by atoms with E-state index in [-0.39, 0.29) is 5.91 Å². The minimum atomic E-state index is 0.234. The average molecular weight is 316 g/mol. The van der Waals surface area contributed by atoms with E-state index < -0.39 is 0 Å². The van der Waals surface area contributed by atoms with Gasteiger partial charge in [0.2, 0.25) is 5.91 Å². The standard InChI is InChI=1S/C18H24N2OS/c1-14-3-9-17(10-4-14)20(2)18(21)13-22-12-16-7-5-15(11-19)6-8-16/h5-8,14,17H,3-4,9-10,12-13H2,1-2H3. The van der Waals surface area contributed by atoms with Crippen molar-refractivity contribution in [1.82, 2.24) is 4.90 Å². The first-order valence-corrected chi connectivity index (χ1v) is 9.08. The summed E-state index contributed by atoms with van der Waals surface area (Å²) in [5.41, 5.74) is 1.84. The number of amides is 1. The quantitative estimate of drug-likeness (QED) is 0.829. The van der Waals surface area contributed by atoms with Crippen molar-refractivity contribution in [3.8, 4) is 6.07 Å². The van der Waals surface area contributed by atoms with Crippen molar-refractivity contribution in [2.24, 2.45) is 5.92 Å². The molecule has 0 atom stereocenters. The number of benzene rings is 1. The molecule has 1 aromatic rings. The van der Waals surface area contributed by atoms with Crippen LogP contribution in [-0.4, -0.2) is 29.6 Å². The highest BCUT2D eigenvalue weighted by molar-refractivity contribution is 7.99. The third kappa shape index (κ3) is 4.78. The van der Waals surface area contributed by atoms with Crippen molar-refractivity contribution < 1.29 is 4.79 Å². The molecule has 0 heterocycles. The van der Waals surface area contributed by atoms with E-state index in [9.17, 15) is 4.79 Å². The Kier molecular flexibility index (Phi) is 6.33. The second-order valence-electron chi connectivity index (χ2n) is 6.22. The molecule has 4 heteroatoms.